The van der Waals surface area contributed by atoms with Crippen molar-refractivity contribution in [3.63, 3.8) is 0 Å². The fraction of sp³-hybridized carbons (Fsp3) is 0.429. The van der Waals surface area contributed by atoms with E-state index in [0.29, 0.717) is 11.5 Å². The molecule has 0 N–H and O–H groups in total. The third-order valence-electron chi connectivity index (χ3n) is 2.68. The van der Waals surface area contributed by atoms with E-state index < -0.39 is 24.3 Å². The third-order valence-corrected chi connectivity index (χ3v) is 2.68. The summed E-state index contributed by atoms with van der Waals surface area (Å²) in [5.41, 5.74) is 1.53. The SMILES string of the molecule is CC(C)Cc1ccc([C@@H](CC(=O)[O-])C(=O)[O-])cc1. The Balaban J connectivity index is 2.86. The van der Waals surface area contributed by atoms with Gasteiger partial charge >= 0.3 is 0 Å². The van der Waals surface area contributed by atoms with E-state index in [0.717, 1.165) is 12.0 Å². The Kier molecular flexibility index (Phi) is 4.89. The zero-order valence-electron chi connectivity index (χ0n) is 10.5. The van der Waals surface area contributed by atoms with Gasteiger partial charge in [0.2, 0.25) is 0 Å². The van der Waals surface area contributed by atoms with Gasteiger partial charge in [0.1, 0.15) is 0 Å². The predicted molar refractivity (Wildman–Crippen MR) is 62.4 cm³/mol. The maximum Gasteiger partial charge on any atom is 0.0493 e. The molecular weight excluding hydrogens is 232 g/mol. The van der Waals surface area contributed by atoms with Crippen LogP contribution in [-0.2, 0) is 16.0 Å². The molecule has 0 amide bonds. The molecule has 0 aliphatic heterocycles. The van der Waals surface area contributed by atoms with E-state index in [9.17, 15) is 19.8 Å². The number of rotatable bonds is 6. The number of carbonyl (C=O) groups excluding carboxylic acids is 2. The van der Waals surface area contributed by atoms with Crippen molar-refractivity contribution in [1.29, 1.82) is 0 Å². The molecule has 0 spiro atoms. The van der Waals surface area contributed by atoms with Gasteiger partial charge in [0.25, 0.3) is 0 Å². The lowest BCUT2D eigenvalue weighted by atomic mass is 9.93. The summed E-state index contributed by atoms with van der Waals surface area (Å²) < 4.78 is 0. The average Bonchev–Trinajstić information content (AvgIpc) is 2.26. The smallest absolute Gasteiger partial charge is 0.0493 e. The second-order valence-corrected chi connectivity index (χ2v) is 4.79. The second kappa shape index (κ2) is 6.19. The summed E-state index contributed by atoms with van der Waals surface area (Å²) >= 11 is 0. The quantitative estimate of drug-likeness (QED) is 0.701. The Morgan fingerprint density at radius 1 is 1.11 bits per heavy atom. The van der Waals surface area contributed by atoms with Gasteiger partial charge in [-0.3, -0.25) is 0 Å². The van der Waals surface area contributed by atoms with Gasteiger partial charge in [-0.2, -0.15) is 0 Å². The molecule has 0 unspecified atom stereocenters. The van der Waals surface area contributed by atoms with E-state index in [1.807, 2.05) is 12.1 Å². The van der Waals surface area contributed by atoms with Gasteiger partial charge in [0.15, 0.2) is 0 Å². The normalized spacial score (nSPS) is 12.4. The molecule has 1 aromatic rings. The molecule has 0 aliphatic rings. The molecule has 1 aromatic carbocycles. The first-order valence-corrected chi connectivity index (χ1v) is 5.89. The molecule has 4 heteroatoms. The van der Waals surface area contributed by atoms with Crippen LogP contribution in [-0.4, -0.2) is 11.9 Å². The minimum Gasteiger partial charge on any atom is -0.550 e. The number of hydrogen-bond donors (Lipinski definition) is 0. The lowest BCUT2D eigenvalue weighted by Gasteiger charge is -2.19. The van der Waals surface area contributed by atoms with Crippen LogP contribution in [0.15, 0.2) is 24.3 Å². The monoisotopic (exact) mass is 248 g/mol. The number of carbonyl (C=O) groups is 2. The standard InChI is InChI=1S/C14H18O4/c1-9(2)7-10-3-5-11(6-4-10)12(14(17)18)8-13(15)16/h3-6,9,12H,7-8H2,1-2H3,(H,15,16)(H,17,18)/p-2/t12-/m1/s1. The first kappa shape index (κ1) is 14.2. The maximum absolute atomic E-state index is 10.9. The maximum atomic E-state index is 10.9. The summed E-state index contributed by atoms with van der Waals surface area (Å²) in [5, 5.41) is 21.4. The number of aliphatic carboxylic acids is 2. The minimum atomic E-state index is -1.39. The summed E-state index contributed by atoms with van der Waals surface area (Å²) in [6.45, 7) is 4.18. The van der Waals surface area contributed by atoms with Crippen molar-refractivity contribution in [2.75, 3.05) is 0 Å². The highest BCUT2D eigenvalue weighted by atomic mass is 16.4. The molecule has 1 atom stereocenters. The molecule has 98 valence electrons. The van der Waals surface area contributed by atoms with Gasteiger partial charge in [0.05, 0.1) is 0 Å². The molecule has 18 heavy (non-hydrogen) atoms. The predicted octanol–water partition coefficient (Wildman–Crippen LogP) is -0.141. The van der Waals surface area contributed by atoms with Crippen molar-refractivity contribution in [2.24, 2.45) is 5.92 Å². The Labute approximate surface area is 106 Å². The van der Waals surface area contributed by atoms with Crippen LogP contribution in [0.3, 0.4) is 0 Å². The summed E-state index contributed by atoms with van der Waals surface area (Å²) in [6.07, 6.45) is 0.336. The van der Waals surface area contributed by atoms with Crippen LogP contribution in [0, 0.1) is 5.92 Å². The fourth-order valence-electron chi connectivity index (χ4n) is 1.86. The highest BCUT2D eigenvalue weighted by Gasteiger charge is 2.13. The lowest BCUT2D eigenvalue weighted by Crippen LogP contribution is -2.34. The molecule has 0 aromatic heterocycles. The lowest BCUT2D eigenvalue weighted by molar-refractivity contribution is -0.317. The Hall–Kier alpha value is -1.84. The first-order chi connectivity index (χ1) is 8.40. The van der Waals surface area contributed by atoms with Gasteiger partial charge in [-0.15, -0.1) is 0 Å². The van der Waals surface area contributed by atoms with Crippen LogP contribution in [0.2, 0.25) is 0 Å². The van der Waals surface area contributed by atoms with Crippen molar-refractivity contribution in [3.05, 3.63) is 35.4 Å². The van der Waals surface area contributed by atoms with Crippen molar-refractivity contribution in [3.8, 4) is 0 Å². The largest absolute Gasteiger partial charge is 0.550 e. The summed E-state index contributed by atoms with van der Waals surface area (Å²) in [5.74, 6) is -3.43. The van der Waals surface area contributed by atoms with Crippen molar-refractivity contribution >= 4 is 11.9 Å². The topological polar surface area (TPSA) is 80.3 Å². The molecule has 0 bridgehead atoms. The number of hydrogen-bond acceptors (Lipinski definition) is 4. The van der Waals surface area contributed by atoms with E-state index >= 15 is 0 Å². The van der Waals surface area contributed by atoms with Crippen LogP contribution in [0.1, 0.15) is 37.3 Å². The number of benzene rings is 1. The molecular formula is C14H16O4-2. The molecule has 0 fully saturated rings. The Morgan fingerprint density at radius 3 is 2.06 bits per heavy atom. The van der Waals surface area contributed by atoms with Gasteiger partial charge in [-0.1, -0.05) is 38.1 Å². The molecule has 0 saturated carbocycles. The van der Waals surface area contributed by atoms with Crippen LogP contribution >= 0.6 is 0 Å². The van der Waals surface area contributed by atoms with E-state index in [2.05, 4.69) is 13.8 Å². The van der Waals surface area contributed by atoms with Gasteiger partial charge < -0.3 is 19.8 Å². The zero-order valence-corrected chi connectivity index (χ0v) is 10.5. The highest BCUT2D eigenvalue weighted by molar-refractivity contribution is 5.80. The van der Waals surface area contributed by atoms with Crippen LogP contribution in [0.5, 0.6) is 0 Å². The average molecular weight is 248 g/mol. The van der Waals surface area contributed by atoms with E-state index in [-0.39, 0.29) is 0 Å². The molecule has 0 heterocycles. The van der Waals surface area contributed by atoms with E-state index in [1.54, 1.807) is 12.1 Å². The fourth-order valence-corrected chi connectivity index (χ4v) is 1.86. The summed E-state index contributed by atoms with van der Waals surface area (Å²) in [7, 11) is 0. The Bertz CT molecular complexity index is 420. The number of carboxylic acids is 2. The number of carboxylic acid groups (broad SMARTS) is 2. The summed E-state index contributed by atoms with van der Waals surface area (Å²) in [4.78, 5) is 21.4. The summed E-state index contributed by atoms with van der Waals surface area (Å²) in [6, 6.07) is 6.92. The van der Waals surface area contributed by atoms with Crippen molar-refractivity contribution < 1.29 is 19.8 Å². The minimum absolute atomic E-state index is 0.437. The van der Waals surface area contributed by atoms with Crippen molar-refractivity contribution in [2.45, 2.75) is 32.6 Å². The second-order valence-electron chi connectivity index (χ2n) is 4.79. The van der Waals surface area contributed by atoms with Gasteiger partial charge in [-0.05, 0) is 29.9 Å². The van der Waals surface area contributed by atoms with Crippen LogP contribution in [0.25, 0.3) is 0 Å². The molecule has 0 saturated heterocycles. The molecule has 1 rings (SSSR count). The van der Waals surface area contributed by atoms with Crippen molar-refractivity contribution in [1.82, 2.24) is 0 Å². The zero-order chi connectivity index (χ0) is 13.7. The molecule has 4 nitrogen and oxygen atoms in total. The highest BCUT2D eigenvalue weighted by Crippen LogP contribution is 2.20. The third kappa shape index (κ3) is 4.20. The van der Waals surface area contributed by atoms with E-state index in [4.69, 9.17) is 0 Å². The molecule has 0 radical (unpaired) electrons. The van der Waals surface area contributed by atoms with E-state index in [1.165, 1.54) is 0 Å². The van der Waals surface area contributed by atoms with Crippen LogP contribution < -0.4 is 10.2 Å². The van der Waals surface area contributed by atoms with Gasteiger partial charge in [0, 0.05) is 17.9 Å². The molecule has 0 aliphatic carbocycles. The first-order valence-electron chi connectivity index (χ1n) is 5.89. The van der Waals surface area contributed by atoms with Gasteiger partial charge in [-0.25, -0.2) is 0 Å². The Morgan fingerprint density at radius 2 is 1.67 bits per heavy atom. The van der Waals surface area contributed by atoms with Crippen LogP contribution in [0.4, 0.5) is 0 Å².